The van der Waals surface area contributed by atoms with Crippen LogP contribution >= 0.6 is 0 Å². The molecule has 1 N–H and O–H groups in total. The highest BCUT2D eigenvalue weighted by Crippen LogP contribution is 2.17. The summed E-state index contributed by atoms with van der Waals surface area (Å²) in [6, 6.07) is 15.0. The van der Waals surface area contributed by atoms with Gasteiger partial charge in [-0.1, -0.05) is 35.9 Å². The number of hydrogen-bond donors (Lipinski definition) is 1. The summed E-state index contributed by atoms with van der Waals surface area (Å²) in [5.74, 6) is 0. The summed E-state index contributed by atoms with van der Waals surface area (Å²) in [7, 11) is -7.18. The fourth-order valence-corrected chi connectivity index (χ4v) is 4.13. The van der Waals surface area contributed by atoms with Gasteiger partial charge >= 0.3 is 0 Å². The number of aryl methyl sites for hydroxylation is 1. The summed E-state index contributed by atoms with van der Waals surface area (Å²) >= 11 is 0. The van der Waals surface area contributed by atoms with Crippen molar-refractivity contribution >= 4 is 25.7 Å². The van der Waals surface area contributed by atoms with Crippen molar-refractivity contribution in [3.8, 4) is 0 Å². The second-order valence-electron chi connectivity index (χ2n) is 5.38. The molecule has 0 spiro atoms. The SMILES string of the molecule is Cc1ccc(N(CCNS(=O)(=O)c2ccccc2)S(C)(=O)=O)cc1. The van der Waals surface area contributed by atoms with Gasteiger partial charge < -0.3 is 0 Å². The molecular weight excluding hydrogens is 348 g/mol. The second kappa shape index (κ2) is 7.33. The minimum Gasteiger partial charge on any atom is -0.269 e. The van der Waals surface area contributed by atoms with Gasteiger partial charge in [0.15, 0.2) is 0 Å². The fraction of sp³-hybridized carbons (Fsp3) is 0.250. The van der Waals surface area contributed by atoms with E-state index in [2.05, 4.69) is 4.72 Å². The second-order valence-corrected chi connectivity index (χ2v) is 9.06. The lowest BCUT2D eigenvalue weighted by Crippen LogP contribution is -2.38. The fourth-order valence-electron chi connectivity index (χ4n) is 2.16. The Balaban J connectivity index is 2.11. The Morgan fingerprint density at radius 3 is 2.04 bits per heavy atom. The van der Waals surface area contributed by atoms with E-state index in [1.807, 2.05) is 19.1 Å². The Morgan fingerprint density at radius 1 is 0.917 bits per heavy atom. The van der Waals surface area contributed by atoms with E-state index >= 15 is 0 Å². The van der Waals surface area contributed by atoms with Crippen LogP contribution in [0.3, 0.4) is 0 Å². The summed E-state index contributed by atoms with van der Waals surface area (Å²) < 4.78 is 51.9. The third kappa shape index (κ3) is 4.80. The van der Waals surface area contributed by atoms with E-state index in [0.717, 1.165) is 11.8 Å². The van der Waals surface area contributed by atoms with E-state index in [-0.39, 0.29) is 18.0 Å². The number of rotatable bonds is 7. The molecule has 0 amide bonds. The van der Waals surface area contributed by atoms with Crippen molar-refractivity contribution in [3.05, 3.63) is 60.2 Å². The highest BCUT2D eigenvalue weighted by molar-refractivity contribution is 7.92. The molecule has 2 aromatic rings. The van der Waals surface area contributed by atoms with E-state index in [4.69, 9.17) is 0 Å². The van der Waals surface area contributed by atoms with Crippen LogP contribution in [0.1, 0.15) is 5.56 Å². The summed E-state index contributed by atoms with van der Waals surface area (Å²) in [4.78, 5) is 0.145. The van der Waals surface area contributed by atoms with E-state index in [1.54, 1.807) is 30.3 Å². The van der Waals surface area contributed by atoms with Crippen LogP contribution in [-0.2, 0) is 20.0 Å². The van der Waals surface area contributed by atoms with Crippen molar-refractivity contribution in [3.63, 3.8) is 0 Å². The van der Waals surface area contributed by atoms with Crippen molar-refractivity contribution in [1.82, 2.24) is 4.72 Å². The maximum Gasteiger partial charge on any atom is 0.240 e. The Labute approximate surface area is 143 Å². The molecule has 0 fully saturated rings. The van der Waals surface area contributed by atoms with Gasteiger partial charge in [-0.05, 0) is 31.2 Å². The zero-order chi connectivity index (χ0) is 17.8. The van der Waals surface area contributed by atoms with Crippen molar-refractivity contribution in [2.45, 2.75) is 11.8 Å². The highest BCUT2D eigenvalue weighted by atomic mass is 32.2. The van der Waals surface area contributed by atoms with Crippen LogP contribution in [0.2, 0.25) is 0 Å². The van der Waals surface area contributed by atoms with Crippen LogP contribution in [0.5, 0.6) is 0 Å². The van der Waals surface area contributed by atoms with Crippen LogP contribution < -0.4 is 9.03 Å². The molecule has 0 aromatic heterocycles. The first-order chi connectivity index (χ1) is 11.2. The number of anilines is 1. The molecule has 0 radical (unpaired) electrons. The molecular formula is C16H20N2O4S2. The van der Waals surface area contributed by atoms with Crippen LogP contribution in [0.15, 0.2) is 59.5 Å². The van der Waals surface area contributed by atoms with Gasteiger partial charge in [-0.15, -0.1) is 0 Å². The van der Waals surface area contributed by atoms with Crippen LogP contribution in [-0.4, -0.2) is 36.2 Å². The van der Waals surface area contributed by atoms with Gasteiger partial charge in [0.1, 0.15) is 0 Å². The normalized spacial score (nSPS) is 12.1. The quantitative estimate of drug-likeness (QED) is 0.807. The molecule has 0 aliphatic rings. The lowest BCUT2D eigenvalue weighted by Gasteiger charge is -2.22. The number of hydrogen-bond acceptors (Lipinski definition) is 4. The number of nitrogens with zero attached hydrogens (tertiary/aromatic N) is 1. The van der Waals surface area contributed by atoms with Gasteiger partial charge in [0.25, 0.3) is 0 Å². The Hall–Kier alpha value is -1.90. The maximum absolute atomic E-state index is 12.2. The zero-order valence-corrected chi connectivity index (χ0v) is 15.1. The van der Waals surface area contributed by atoms with Crippen molar-refractivity contribution in [1.29, 1.82) is 0 Å². The van der Waals surface area contributed by atoms with Gasteiger partial charge in [-0.3, -0.25) is 4.31 Å². The van der Waals surface area contributed by atoms with Crippen molar-refractivity contribution in [2.75, 3.05) is 23.7 Å². The Morgan fingerprint density at radius 2 is 1.50 bits per heavy atom. The molecule has 0 saturated carbocycles. The van der Waals surface area contributed by atoms with E-state index in [1.165, 1.54) is 16.4 Å². The van der Waals surface area contributed by atoms with E-state index in [9.17, 15) is 16.8 Å². The largest absolute Gasteiger partial charge is 0.269 e. The third-order valence-corrected chi connectivity index (χ3v) is 6.05. The summed E-state index contributed by atoms with van der Waals surface area (Å²) in [5, 5.41) is 0. The summed E-state index contributed by atoms with van der Waals surface area (Å²) in [5.41, 5.74) is 1.51. The Bertz CT molecular complexity index is 877. The van der Waals surface area contributed by atoms with Gasteiger partial charge in [0, 0.05) is 13.1 Å². The first-order valence-corrected chi connectivity index (χ1v) is 10.6. The van der Waals surface area contributed by atoms with Crippen LogP contribution in [0, 0.1) is 6.92 Å². The Kier molecular flexibility index (Phi) is 5.63. The number of nitrogens with one attached hydrogen (secondary N) is 1. The average Bonchev–Trinajstić information content (AvgIpc) is 2.52. The summed E-state index contributed by atoms with van der Waals surface area (Å²) in [6.45, 7) is 1.88. The van der Waals surface area contributed by atoms with Gasteiger partial charge in [0.2, 0.25) is 20.0 Å². The van der Waals surface area contributed by atoms with Crippen LogP contribution in [0.25, 0.3) is 0 Å². The molecule has 0 heterocycles. The maximum atomic E-state index is 12.2. The topological polar surface area (TPSA) is 83.6 Å². The number of sulfonamides is 2. The predicted octanol–water partition coefficient (Wildman–Crippen LogP) is 1.74. The van der Waals surface area contributed by atoms with Gasteiger partial charge in [0.05, 0.1) is 16.8 Å². The van der Waals surface area contributed by atoms with E-state index in [0.29, 0.717) is 5.69 Å². The average molecular weight is 368 g/mol. The third-order valence-electron chi connectivity index (χ3n) is 3.38. The molecule has 0 aliphatic carbocycles. The lowest BCUT2D eigenvalue weighted by molar-refractivity contribution is 0.578. The zero-order valence-electron chi connectivity index (χ0n) is 13.5. The van der Waals surface area contributed by atoms with Gasteiger partial charge in [-0.25, -0.2) is 21.6 Å². The molecule has 6 nitrogen and oxygen atoms in total. The molecule has 2 aromatic carbocycles. The molecule has 2 rings (SSSR count). The molecule has 0 unspecified atom stereocenters. The minimum atomic E-state index is -3.66. The highest BCUT2D eigenvalue weighted by Gasteiger charge is 2.19. The molecule has 8 heteroatoms. The summed E-state index contributed by atoms with van der Waals surface area (Å²) in [6.07, 6.45) is 1.10. The lowest BCUT2D eigenvalue weighted by atomic mass is 10.2. The molecule has 0 aliphatic heterocycles. The number of benzene rings is 2. The standard InChI is InChI=1S/C16H20N2O4S2/c1-14-8-10-15(11-9-14)18(23(2,19)20)13-12-17-24(21,22)16-6-4-3-5-7-16/h3-11,17H,12-13H2,1-2H3. The van der Waals surface area contributed by atoms with Crippen molar-refractivity contribution in [2.24, 2.45) is 0 Å². The first kappa shape index (κ1) is 18.4. The molecule has 24 heavy (non-hydrogen) atoms. The van der Waals surface area contributed by atoms with E-state index < -0.39 is 20.0 Å². The molecule has 0 saturated heterocycles. The van der Waals surface area contributed by atoms with Crippen LogP contribution in [0.4, 0.5) is 5.69 Å². The van der Waals surface area contributed by atoms with Gasteiger partial charge in [-0.2, -0.15) is 0 Å². The minimum absolute atomic E-state index is 0.00789. The molecule has 0 atom stereocenters. The predicted molar refractivity (Wildman–Crippen MR) is 95.0 cm³/mol. The molecule has 130 valence electrons. The monoisotopic (exact) mass is 368 g/mol. The smallest absolute Gasteiger partial charge is 0.240 e. The van der Waals surface area contributed by atoms with Crippen molar-refractivity contribution < 1.29 is 16.8 Å². The molecule has 0 bridgehead atoms. The first-order valence-electron chi connectivity index (χ1n) is 7.29.